The lowest BCUT2D eigenvalue weighted by atomic mass is 10.1. The van der Waals surface area contributed by atoms with Crippen molar-refractivity contribution in [3.8, 4) is 0 Å². The highest BCUT2D eigenvalue weighted by Gasteiger charge is 2.27. The average Bonchev–Trinajstić information content (AvgIpc) is 2.34. The number of carbonyl (C=O) groups excluding carboxylic acids is 2. The van der Waals surface area contributed by atoms with Gasteiger partial charge in [0.25, 0.3) is 0 Å². The van der Waals surface area contributed by atoms with Gasteiger partial charge in [0.05, 0.1) is 12.1 Å². The second kappa shape index (κ2) is 4.23. The van der Waals surface area contributed by atoms with Crippen molar-refractivity contribution in [1.29, 1.82) is 0 Å². The lowest BCUT2D eigenvalue weighted by molar-refractivity contribution is -0.122. The molecule has 5 heteroatoms. The van der Waals surface area contributed by atoms with E-state index in [1.54, 1.807) is 0 Å². The van der Waals surface area contributed by atoms with Crippen LogP contribution in [0.15, 0.2) is 0 Å². The van der Waals surface area contributed by atoms with Gasteiger partial charge in [-0.2, -0.15) is 0 Å². The maximum Gasteiger partial charge on any atom is 0.217 e. The van der Waals surface area contributed by atoms with Crippen molar-refractivity contribution >= 4 is 11.8 Å². The Labute approximate surface area is 77.3 Å². The molecule has 1 saturated heterocycles. The summed E-state index contributed by atoms with van der Waals surface area (Å²) in [5, 5.41) is 8.67. The van der Waals surface area contributed by atoms with Crippen molar-refractivity contribution in [1.82, 2.24) is 16.0 Å². The number of hydrogen-bond acceptors (Lipinski definition) is 3. The molecular formula is C8H15N3O2. The van der Waals surface area contributed by atoms with E-state index >= 15 is 0 Å². The summed E-state index contributed by atoms with van der Waals surface area (Å²) in [6.07, 6.45) is 0. The zero-order chi connectivity index (χ0) is 9.84. The van der Waals surface area contributed by atoms with Crippen LogP contribution in [-0.2, 0) is 9.59 Å². The van der Waals surface area contributed by atoms with E-state index in [0.717, 1.165) is 0 Å². The van der Waals surface area contributed by atoms with E-state index in [-0.39, 0.29) is 23.9 Å². The molecule has 0 bridgehead atoms. The molecule has 3 N–H and O–H groups in total. The first-order valence-corrected chi connectivity index (χ1v) is 4.34. The fraction of sp³-hybridized carbons (Fsp3) is 0.750. The predicted molar refractivity (Wildman–Crippen MR) is 48.1 cm³/mol. The van der Waals surface area contributed by atoms with E-state index < -0.39 is 0 Å². The Balaban J connectivity index is 2.43. The predicted octanol–water partition coefficient (Wildman–Crippen LogP) is -1.40. The van der Waals surface area contributed by atoms with Gasteiger partial charge in [-0.05, 0) is 0 Å². The topological polar surface area (TPSA) is 70.2 Å². The third kappa shape index (κ3) is 3.02. The van der Waals surface area contributed by atoms with E-state index in [1.807, 2.05) is 0 Å². The van der Waals surface area contributed by atoms with Crippen molar-refractivity contribution in [2.24, 2.45) is 0 Å². The molecule has 2 amide bonds. The van der Waals surface area contributed by atoms with E-state index in [1.165, 1.54) is 13.8 Å². The van der Waals surface area contributed by atoms with Crippen LogP contribution < -0.4 is 16.0 Å². The third-order valence-electron chi connectivity index (χ3n) is 1.99. The van der Waals surface area contributed by atoms with E-state index in [9.17, 15) is 9.59 Å². The quantitative estimate of drug-likeness (QED) is 0.495. The van der Waals surface area contributed by atoms with Gasteiger partial charge < -0.3 is 16.0 Å². The molecule has 2 atom stereocenters. The summed E-state index contributed by atoms with van der Waals surface area (Å²) in [4.78, 5) is 21.6. The highest BCUT2D eigenvalue weighted by molar-refractivity contribution is 5.75. The van der Waals surface area contributed by atoms with Crippen LogP contribution in [0.25, 0.3) is 0 Å². The van der Waals surface area contributed by atoms with Gasteiger partial charge in [0.15, 0.2) is 0 Å². The first-order chi connectivity index (χ1) is 6.09. The Hall–Kier alpha value is -1.10. The highest BCUT2D eigenvalue weighted by atomic mass is 16.2. The Morgan fingerprint density at radius 3 is 1.77 bits per heavy atom. The molecule has 1 heterocycles. The number of amides is 2. The Morgan fingerprint density at radius 1 is 1.08 bits per heavy atom. The molecule has 0 aromatic heterocycles. The minimum atomic E-state index is -0.0657. The largest absolute Gasteiger partial charge is 0.350 e. The molecule has 0 aromatic carbocycles. The van der Waals surface area contributed by atoms with Crippen LogP contribution in [0.2, 0.25) is 0 Å². The van der Waals surface area contributed by atoms with Crippen LogP contribution in [0.1, 0.15) is 13.8 Å². The zero-order valence-electron chi connectivity index (χ0n) is 7.89. The van der Waals surface area contributed by atoms with Crippen LogP contribution in [0.5, 0.6) is 0 Å². The van der Waals surface area contributed by atoms with E-state index in [4.69, 9.17) is 0 Å². The second-order valence-electron chi connectivity index (χ2n) is 3.27. The summed E-state index contributed by atoms with van der Waals surface area (Å²) in [5.41, 5.74) is 0. The molecule has 1 rings (SSSR count). The molecule has 1 fully saturated rings. The van der Waals surface area contributed by atoms with Crippen LogP contribution >= 0.6 is 0 Å². The van der Waals surface area contributed by atoms with Gasteiger partial charge in [0.1, 0.15) is 0 Å². The molecule has 0 radical (unpaired) electrons. The van der Waals surface area contributed by atoms with Gasteiger partial charge in [-0.25, -0.2) is 0 Å². The summed E-state index contributed by atoms with van der Waals surface area (Å²) in [6, 6.07) is 0.0304. The molecule has 0 spiro atoms. The van der Waals surface area contributed by atoms with Crippen LogP contribution in [-0.4, -0.2) is 37.0 Å². The maximum absolute atomic E-state index is 10.8. The molecule has 13 heavy (non-hydrogen) atoms. The monoisotopic (exact) mass is 185 g/mol. The van der Waals surface area contributed by atoms with Gasteiger partial charge in [-0.1, -0.05) is 0 Å². The SMILES string of the molecule is CC(=O)NC1CNCC1NC(C)=O. The van der Waals surface area contributed by atoms with Gasteiger partial charge in [-0.3, -0.25) is 9.59 Å². The lowest BCUT2D eigenvalue weighted by Gasteiger charge is -2.19. The third-order valence-corrected chi connectivity index (χ3v) is 1.99. The Kier molecular flexibility index (Phi) is 3.25. The Morgan fingerprint density at radius 2 is 1.46 bits per heavy atom. The molecule has 0 saturated carbocycles. The first-order valence-electron chi connectivity index (χ1n) is 4.34. The Bertz CT molecular complexity index is 195. The minimum Gasteiger partial charge on any atom is -0.350 e. The molecule has 1 aliphatic rings. The molecule has 0 aromatic rings. The van der Waals surface area contributed by atoms with Crippen molar-refractivity contribution < 1.29 is 9.59 Å². The lowest BCUT2D eigenvalue weighted by Crippen LogP contribution is -2.49. The molecule has 0 aliphatic carbocycles. The number of rotatable bonds is 2. The van der Waals surface area contributed by atoms with Crippen molar-refractivity contribution in [3.05, 3.63) is 0 Å². The zero-order valence-corrected chi connectivity index (χ0v) is 7.89. The normalized spacial score (nSPS) is 26.9. The van der Waals surface area contributed by atoms with Gasteiger partial charge in [0.2, 0.25) is 11.8 Å². The summed E-state index contributed by atoms with van der Waals surface area (Å²) >= 11 is 0. The van der Waals surface area contributed by atoms with Crippen molar-refractivity contribution in [2.45, 2.75) is 25.9 Å². The van der Waals surface area contributed by atoms with Gasteiger partial charge >= 0.3 is 0 Å². The van der Waals surface area contributed by atoms with Crippen molar-refractivity contribution in [2.75, 3.05) is 13.1 Å². The maximum atomic E-state index is 10.8. The molecule has 1 aliphatic heterocycles. The highest BCUT2D eigenvalue weighted by Crippen LogP contribution is 1.99. The molecule has 74 valence electrons. The van der Waals surface area contributed by atoms with Crippen LogP contribution in [0.4, 0.5) is 0 Å². The summed E-state index contributed by atoms with van der Waals surface area (Å²) in [5.74, 6) is -0.131. The number of hydrogen-bond donors (Lipinski definition) is 3. The number of nitrogens with one attached hydrogen (secondary N) is 3. The standard InChI is InChI=1S/C8H15N3O2/c1-5(12)10-7-3-9-4-8(7)11-6(2)13/h7-9H,3-4H2,1-2H3,(H,10,12)(H,11,13). The van der Waals surface area contributed by atoms with E-state index in [2.05, 4.69) is 16.0 Å². The van der Waals surface area contributed by atoms with E-state index in [0.29, 0.717) is 13.1 Å². The molecular weight excluding hydrogens is 170 g/mol. The molecule has 5 nitrogen and oxygen atoms in total. The van der Waals surface area contributed by atoms with Crippen LogP contribution in [0, 0.1) is 0 Å². The van der Waals surface area contributed by atoms with Gasteiger partial charge in [0, 0.05) is 26.9 Å². The minimum absolute atomic E-state index is 0.0152. The smallest absolute Gasteiger partial charge is 0.217 e. The second-order valence-corrected chi connectivity index (χ2v) is 3.27. The first kappa shape index (κ1) is 9.98. The van der Waals surface area contributed by atoms with Crippen LogP contribution in [0.3, 0.4) is 0 Å². The average molecular weight is 185 g/mol. The van der Waals surface area contributed by atoms with Crippen molar-refractivity contribution in [3.63, 3.8) is 0 Å². The summed E-state index contributed by atoms with van der Waals surface area (Å²) < 4.78 is 0. The fourth-order valence-corrected chi connectivity index (χ4v) is 1.50. The summed E-state index contributed by atoms with van der Waals surface area (Å²) in [7, 11) is 0. The fourth-order valence-electron chi connectivity index (χ4n) is 1.50. The van der Waals surface area contributed by atoms with Gasteiger partial charge in [-0.15, -0.1) is 0 Å². The summed E-state index contributed by atoms with van der Waals surface area (Å²) in [6.45, 7) is 4.38. The molecule has 2 unspecified atom stereocenters. The number of carbonyl (C=O) groups is 2.